The van der Waals surface area contributed by atoms with Crippen LogP contribution in [-0.4, -0.2) is 18.9 Å². The van der Waals surface area contributed by atoms with Crippen LogP contribution < -0.4 is 5.32 Å². The molecule has 1 aliphatic rings. The van der Waals surface area contributed by atoms with E-state index in [1.54, 1.807) is 0 Å². The van der Waals surface area contributed by atoms with Crippen LogP contribution in [-0.2, 0) is 0 Å². The second kappa shape index (κ2) is 9.69. The first kappa shape index (κ1) is 16.7. The molecule has 0 aliphatic carbocycles. The molecule has 1 aliphatic heterocycles. The molecule has 1 N–H and O–H groups in total. The molecule has 0 bridgehead atoms. The summed E-state index contributed by atoms with van der Waals surface area (Å²) in [4.78, 5) is 4.42. The third-order valence-electron chi connectivity index (χ3n) is 2.70. The highest BCUT2D eigenvalue weighted by atomic mass is 15.0. The number of nitrogens with zero attached hydrogens (tertiary/aromatic N) is 1. The Morgan fingerprint density at radius 3 is 2.00 bits per heavy atom. The van der Waals surface area contributed by atoms with E-state index in [1.165, 1.54) is 11.1 Å². The van der Waals surface area contributed by atoms with Crippen molar-refractivity contribution >= 4 is 5.84 Å². The normalized spacial score (nSPS) is 17.2. The number of hydrogen-bond acceptors (Lipinski definition) is 2. The van der Waals surface area contributed by atoms with E-state index < -0.39 is 0 Å². The van der Waals surface area contributed by atoms with Crippen molar-refractivity contribution < 1.29 is 0 Å². The zero-order valence-corrected chi connectivity index (χ0v) is 12.7. The molecule has 2 heteroatoms. The Bertz CT molecular complexity index is 339. The van der Waals surface area contributed by atoms with Crippen molar-refractivity contribution in [1.82, 2.24) is 5.32 Å². The van der Waals surface area contributed by atoms with Gasteiger partial charge in [-0.25, -0.2) is 0 Å². The number of rotatable bonds is 1. The molecule has 2 nitrogen and oxygen atoms in total. The summed E-state index contributed by atoms with van der Waals surface area (Å²) < 4.78 is 0. The van der Waals surface area contributed by atoms with Gasteiger partial charge in [0.1, 0.15) is 0 Å². The number of benzene rings is 1. The average Bonchev–Trinajstić information content (AvgIpc) is 2.45. The highest BCUT2D eigenvalue weighted by molar-refractivity contribution is 5.80. The Labute approximate surface area is 113 Å². The molecule has 18 heavy (non-hydrogen) atoms. The van der Waals surface area contributed by atoms with Crippen LogP contribution in [0.5, 0.6) is 0 Å². The molecule has 1 aromatic rings. The third-order valence-corrected chi connectivity index (χ3v) is 2.70. The number of aliphatic imine (C=N–C) groups is 1. The molecule has 1 heterocycles. The standard InChI is InChI=1S/C12H16N2.2C2H6/c1-9-3-5-11(6-4-9)12-7-13-10(2)14-8-12;2*1-2/h3-6,12H,7-8H2,1-2H3,(H,13,14);2*1-2H3. The summed E-state index contributed by atoms with van der Waals surface area (Å²) in [5, 5.41) is 3.30. The van der Waals surface area contributed by atoms with Crippen LogP contribution in [0.3, 0.4) is 0 Å². The molecule has 0 aromatic heterocycles. The predicted octanol–water partition coefficient (Wildman–Crippen LogP) is 4.15. The van der Waals surface area contributed by atoms with Gasteiger partial charge in [0.2, 0.25) is 0 Å². The Morgan fingerprint density at radius 2 is 1.56 bits per heavy atom. The molecular weight excluding hydrogens is 220 g/mol. The van der Waals surface area contributed by atoms with Gasteiger partial charge in [-0.05, 0) is 19.4 Å². The molecule has 1 atom stereocenters. The summed E-state index contributed by atoms with van der Waals surface area (Å²) in [6.45, 7) is 14.1. The lowest BCUT2D eigenvalue weighted by Crippen LogP contribution is -2.32. The summed E-state index contributed by atoms with van der Waals surface area (Å²) >= 11 is 0. The van der Waals surface area contributed by atoms with E-state index >= 15 is 0 Å². The lowest BCUT2D eigenvalue weighted by atomic mass is 9.97. The third kappa shape index (κ3) is 5.35. The first-order valence-corrected chi connectivity index (χ1v) is 7.07. The zero-order valence-electron chi connectivity index (χ0n) is 12.7. The second-order valence-corrected chi connectivity index (χ2v) is 3.91. The maximum Gasteiger partial charge on any atom is 0.0932 e. The minimum atomic E-state index is 0.541. The minimum Gasteiger partial charge on any atom is -0.373 e. The van der Waals surface area contributed by atoms with Gasteiger partial charge < -0.3 is 5.32 Å². The molecule has 0 saturated carbocycles. The fourth-order valence-corrected chi connectivity index (χ4v) is 1.70. The van der Waals surface area contributed by atoms with Gasteiger partial charge in [-0.2, -0.15) is 0 Å². The quantitative estimate of drug-likeness (QED) is 0.793. The molecule has 102 valence electrons. The van der Waals surface area contributed by atoms with E-state index in [0.29, 0.717) is 5.92 Å². The van der Waals surface area contributed by atoms with E-state index in [9.17, 15) is 0 Å². The average molecular weight is 248 g/mol. The molecule has 1 unspecified atom stereocenters. The number of nitrogens with one attached hydrogen (secondary N) is 1. The highest BCUT2D eigenvalue weighted by Crippen LogP contribution is 2.18. The van der Waals surface area contributed by atoms with Crippen molar-refractivity contribution in [2.24, 2.45) is 4.99 Å². The van der Waals surface area contributed by atoms with Crippen molar-refractivity contribution in [3.05, 3.63) is 35.4 Å². The maximum absolute atomic E-state index is 4.42. The lowest BCUT2D eigenvalue weighted by Gasteiger charge is -2.21. The zero-order chi connectivity index (χ0) is 14.0. The molecule has 2 rings (SSSR count). The van der Waals surface area contributed by atoms with Gasteiger partial charge in [-0.3, -0.25) is 4.99 Å². The molecule has 0 fully saturated rings. The van der Waals surface area contributed by atoms with Crippen LogP contribution in [0.15, 0.2) is 29.3 Å². The lowest BCUT2D eigenvalue weighted by molar-refractivity contribution is 0.637. The monoisotopic (exact) mass is 248 g/mol. The summed E-state index contributed by atoms with van der Waals surface area (Å²) in [7, 11) is 0. The Hall–Kier alpha value is -1.31. The SMILES string of the molecule is CC.CC.CC1=NCC(c2ccc(C)cc2)CN1. The van der Waals surface area contributed by atoms with Crippen LogP contribution in [0, 0.1) is 6.92 Å². The topological polar surface area (TPSA) is 24.4 Å². The van der Waals surface area contributed by atoms with E-state index in [4.69, 9.17) is 0 Å². The molecule has 0 radical (unpaired) electrons. The summed E-state index contributed by atoms with van der Waals surface area (Å²) in [5.41, 5.74) is 2.71. The van der Waals surface area contributed by atoms with Gasteiger partial charge in [0.25, 0.3) is 0 Å². The minimum absolute atomic E-state index is 0.541. The van der Waals surface area contributed by atoms with Crippen LogP contribution in [0.25, 0.3) is 0 Å². The molecular formula is C16H28N2. The fourth-order valence-electron chi connectivity index (χ4n) is 1.70. The fraction of sp³-hybridized carbons (Fsp3) is 0.562. The van der Waals surface area contributed by atoms with E-state index in [0.717, 1.165) is 18.9 Å². The summed E-state index contributed by atoms with van der Waals surface area (Å²) in [6.07, 6.45) is 0. The molecule has 0 saturated heterocycles. The number of amidine groups is 1. The smallest absolute Gasteiger partial charge is 0.0932 e. The largest absolute Gasteiger partial charge is 0.373 e. The van der Waals surface area contributed by atoms with Crippen molar-refractivity contribution in [3.63, 3.8) is 0 Å². The maximum atomic E-state index is 4.42. The van der Waals surface area contributed by atoms with E-state index in [-0.39, 0.29) is 0 Å². The van der Waals surface area contributed by atoms with Gasteiger partial charge in [0.05, 0.1) is 5.84 Å². The van der Waals surface area contributed by atoms with E-state index in [2.05, 4.69) is 41.5 Å². The van der Waals surface area contributed by atoms with Crippen LogP contribution >= 0.6 is 0 Å². The van der Waals surface area contributed by atoms with Crippen LogP contribution in [0.2, 0.25) is 0 Å². The predicted molar refractivity (Wildman–Crippen MR) is 82.6 cm³/mol. The second-order valence-electron chi connectivity index (χ2n) is 3.91. The van der Waals surface area contributed by atoms with Gasteiger partial charge in [0.15, 0.2) is 0 Å². The first-order chi connectivity index (χ1) is 8.75. The van der Waals surface area contributed by atoms with E-state index in [1.807, 2.05) is 34.6 Å². The molecule has 0 amide bonds. The van der Waals surface area contributed by atoms with Crippen LogP contribution in [0.4, 0.5) is 0 Å². The Morgan fingerprint density at radius 1 is 1.00 bits per heavy atom. The highest BCUT2D eigenvalue weighted by Gasteiger charge is 2.14. The van der Waals surface area contributed by atoms with Crippen molar-refractivity contribution in [1.29, 1.82) is 0 Å². The van der Waals surface area contributed by atoms with Crippen molar-refractivity contribution in [2.75, 3.05) is 13.1 Å². The first-order valence-electron chi connectivity index (χ1n) is 7.07. The Balaban J connectivity index is 0.000000659. The Kier molecular flexibility index (Phi) is 8.99. The summed E-state index contributed by atoms with van der Waals surface area (Å²) in [5.74, 6) is 1.60. The molecule has 1 aromatic carbocycles. The van der Waals surface area contributed by atoms with Gasteiger partial charge in [-0.1, -0.05) is 57.5 Å². The van der Waals surface area contributed by atoms with Crippen molar-refractivity contribution in [3.8, 4) is 0 Å². The van der Waals surface area contributed by atoms with Gasteiger partial charge in [0, 0.05) is 19.0 Å². The van der Waals surface area contributed by atoms with Crippen molar-refractivity contribution in [2.45, 2.75) is 47.5 Å². The number of aryl methyl sites for hydroxylation is 1. The van der Waals surface area contributed by atoms with Gasteiger partial charge >= 0.3 is 0 Å². The number of hydrogen-bond donors (Lipinski definition) is 1. The van der Waals surface area contributed by atoms with Crippen LogP contribution in [0.1, 0.15) is 51.7 Å². The molecule has 0 spiro atoms. The van der Waals surface area contributed by atoms with Gasteiger partial charge in [-0.15, -0.1) is 0 Å². The summed E-state index contributed by atoms with van der Waals surface area (Å²) in [6, 6.07) is 8.75.